The number of fused-ring (bicyclic) bond motifs is 2. The molecule has 1 aliphatic carbocycles. The van der Waals surface area contributed by atoms with Crippen molar-refractivity contribution in [2.45, 2.75) is 37.1 Å². The number of hydrogen-bond acceptors (Lipinski definition) is 5. The molecule has 1 saturated carbocycles. The number of benzene rings is 2. The van der Waals surface area contributed by atoms with E-state index in [4.69, 9.17) is 14.2 Å². The molecule has 2 aromatic rings. The summed E-state index contributed by atoms with van der Waals surface area (Å²) in [6, 6.07) is 13.0. The molecule has 1 N–H and O–H groups in total. The SMILES string of the molecule is COCCN1C(=O)c2ccccc2C(C(=O)Nc2ccc3c(c2)OCCO3)C12CCCC2. The van der Waals surface area contributed by atoms with E-state index in [0.29, 0.717) is 49.1 Å². The number of amides is 2. The smallest absolute Gasteiger partial charge is 0.254 e. The minimum atomic E-state index is -0.540. The first kappa shape index (κ1) is 20.8. The molecule has 7 nitrogen and oxygen atoms in total. The molecule has 32 heavy (non-hydrogen) atoms. The van der Waals surface area contributed by atoms with Crippen LogP contribution in [0.25, 0.3) is 0 Å². The summed E-state index contributed by atoms with van der Waals surface area (Å²) in [4.78, 5) is 29.2. The van der Waals surface area contributed by atoms with Gasteiger partial charge < -0.3 is 24.4 Å². The third-order valence-electron chi connectivity index (χ3n) is 6.88. The van der Waals surface area contributed by atoms with Gasteiger partial charge >= 0.3 is 0 Å². The molecule has 2 heterocycles. The van der Waals surface area contributed by atoms with Gasteiger partial charge in [-0.1, -0.05) is 31.0 Å². The van der Waals surface area contributed by atoms with Crippen LogP contribution in [0.1, 0.15) is 47.5 Å². The number of ether oxygens (including phenoxy) is 3. The molecule has 2 aliphatic heterocycles. The van der Waals surface area contributed by atoms with Crippen molar-refractivity contribution in [3.63, 3.8) is 0 Å². The van der Waals surface area contributed by atoms with E-state index >= 15 is 0 Å². The highest BCUT2D eigenvalue weighted by atomic mass is 16.6. The summed E-state index contributed by atoms with van der Waals surface area (Å²) in [5.74, 6) is 0.740. The lowest BCUT2D eigenvalue weighted by atomic mass is 9.71. The van der Waals surface area contributed by atoms with Crippen LogP contribution in [0.2, 0.25) is 0 Å². The molecular formula is C25H28N2O5. The normalized spacial score (nSPS) is 20.8. The van der Waals surface area contributed by atoms with E-state index < -0.39 is 11.5 Å². The molecule has 2 aromatic carbocycles. The van der Waals surface area contributed by atoms with Crippen molar-refractivity contribution in [2.75, 3.05) is 38.8 Å². The number of nitrogens with one attached hydrogen (secondary N) is 1. The van der Waals surface area contributed by atoms with Gasteiger partial charge in [-0.15, -0.1) is 0 Å². The highest BCUT2D eigenvalue weighted by Gasteiger charge is 2.55. The second kappa shape index (κ2) is 8.47. The molecule has 5 rings (SSSR count). The van der Waals surface area contributed by atoms with E-state index in [1.165, 1.54) is 0 Å². The fraction of sp³-hybridized carbons (Fsp3) is 0.440. The van der Waals surface area contributed by atoms with Crippen LogP contribution in [0.4, 0.5) is 5.69 Å². The van der Waals surface area contributed by atoms with Crippen LogP contribution < -0.4 is 14.8 Å². The van der Waals surface area contributed by atoms with Crippen LogP contribution in [0.15, 0.2) is 42.5 Å². The third kappa shape index (κ3) is 3.41. The van der Waals surface area contributed by atoms with Gasteiger partial charge in [-0.25, -0.2) is 0 Å². The summed E-state index contributed by atoms with van der Waals surface area (Å²) in [5, 5.41) is 3.10. The monoisotopic (exact) mass is 436 g/mol. The number of nitrogens with zero attached hydrogens (tertiary/aromatic N) is 1. The number of carbonyl (C=O) groups is 2. The number of hydrogen-bond donors (Lipinski definition) is 1. The first-order chi connectivity index (χ1) is 15.6. The molecule has 7 heteroatoms. The Morgan fingerprint density at radius 3 is 2.66 bits per heavy atom. The molecule has 168 valence electrons. The first-order valence-electron chi connectivity index (χ1n) is 11.2. The maximum Gasteiger partial charge on any atom is 0.254 e. The Balaban J connectivity index is 1.53. The Morgan fingerprint density at radius 1 is 1.12 bits per heavy atom. The summed E-state index contributed by atoms with van der Waals surface area (Å²) in [5.41, 5.74) is 1.53. The van der Waals surface area contributed by atoms with Crippen LogP contribution >= 0.6 is 0 Å². The minimum absolute atomic E-state index is 0.0112. The lowest BCUT2D eigenvalue weighted by molar-refractivity contribution is -0.121. The van der Waals surface area contributed by atoms with Crippen LogP contribution in [0.5, 0.6) is 11.5 Å². The van der Waals surface area contributed by atoms with E-state index in [1.54, 1.807) is 13.2 Å². The van der Waals surface area contributed by atoms with Crippen LogP contribution in [0.3, 0.4) is 0 Å². The average Bonchev–Trinajstić information content (AvgIpc) is 3.29. The van der Waals surface area contributed by atoms with Gasteiger partial charge in [0, 0.05) is 31.0 Å². The molecule has 1 fully saturated rings. The van der Waals surface area contributed by atoms with Gasteiger partial charge in [-0.05, 0) is 36.6 Å². The Kier molecular flexibility index (Phi) is 5.51. The molecule has 1 atom stereocenters. The molecule has 0 bridgehead atoms. The zero-order valence-electron chi connectivity index (χ0n) is 18.3. The van der Waals surface area contributed by atoms with Crippen molar-refractivity contribution in [3.8, 4) is 11.5 Å². The Bertz CT molecular complexity index is 1030. The zero-order chi connectivity index (χ0) is 22.1. The largest absolute Gasteiger partial charge is 0.486 e. The molecule has 3 aliphatic rings. The molecule has 0 radical (unpaired) electrons. The summed E-state index contributed by atoms with van der Waals surface area (Å²) in [6.07, 6.45) is 3.59. The van der Waals surface area contributed by atoms with E-state index in [-0.39, 0.29) is 11.8 Å². The number of methoxy groups -OCH3 is 1. The van der Waals surface area contributed by atoms with Crippen molar-refractivity contribution in [1.82, 2.24) is 4.90 Å². The second-order valence-corrected chi connectivity index (χ2v) is 8.63. The average molecular weight is 437 g/mol. The molecule has 0 saturated heterocycles. The molecule has 0 aromatic heterocycles. The maximum atomic E-state index is 13.8. The minimum Gasteiger partial charge on any atom is -0.486 e. The van der Waals surface area contributed by atoms with Gasteiger partial charge in [0.05, 0.1) is 18.1 Å². The summed E-state index contributed by atoms with van der Waals surface area (Å²) in [7, 11) is 1.63. The van der Waals surface area contributed by atoms with Crippen LogP contribution in [-0.4, -0.2) is 55.7 Å². The van der Waals surface area contributed by atoms with Crippen molar-refractivity contribution >= 4 is 17.5 Å². The van der Waals surface area contributed by atoms with E-state index in [1.807, 2.05) is 41.3 Å². The predicted octanol–water partition coefficient (Wildman–Crippen LogP) is 3.60. The van der Waals surface area contributed by atoms with Crippen molar-refractivity contribution < 1.29 is 23.8 Å². The third-order valence-corrected chi connectivity index (χ3v) is 6.88. The Hall–Kier alpha value is -3.06. The van der Waals surface area contributed by atoms with E-state index in [0.717, 1.165) is 31.2 Å². The highest BCUT2D eigenvalue weighted by Crippen LogP contribution is 2.50. The number of rotatable bonds is 5. The van der Waals surface area contributed by atoms with Gasteiger partial charge in [0.25, 0.3) is 5.91 Å². The van der Waals surface area contributed by atoms with Crippen molar-refractivity contribution in [3.05, 3.63) is 53.6 Å². The lowest BCUT2D eigenvalue weighted by Gasteiger charge is -2.50. The quantitative estimate of drug-likeness (QED) is 0.775. The summed E-state index contributed by atoms with van der Waals surface area (Å²) < 4.78 is 16.6. The molecule has 2 amide bonds. The predicted molar refractivity (Wildman–Crippen MR) is 119 cm³/mol. The first-order valence-corrected chi connectivity index (χ1v) is 11.2. The summed E-state index contributed by atoms with van der Waals surface area (Å²) >= 11 is 0. The van der Waals surface area contributed by atoms with Gasteiger partial charge in [0.1, 0.15) is 13.2 Å². The molecule has 1 spiro atoms. The van der Waals surface area contributed by atoms with E-state index in [2.05, 4.69) is 5.32 Å². The molecular weight excluding hydrogens is 408 g/mol. The number of carbonyl (C=O) groups excluding carboxylic acids is 2. The number of anilines is 1. The fourth-order valence-electron chi connectivity index (χ4n) is 5.51. The van der Waals surface area contributed by atoms with Crippen molar-refractivity contribution in [2.24, 2.45) is 0 Å². The standard InChI is InChI=1S/C25H28N2O5/c1-30-13-12-27-24(29)19-7-3-2-6-18(19)22(25(27)10-4-5-11-25)23(28)26-17-8-9-20-21(16-17)32-15-14-31-20/h2-3,6-9,16,22H,4-5,10-15H2,1H3,(H,26,28). The zero-order valence-corrected chi connectivity index (χ0v) is 18.3. The second-order valence-electron chi connectivity index (χ2n) is 8.63. The van der Waals surface area contributed by atoms with Crippen molar-refractivity contribution in [1.29, 1.82) is 0 Å². The summed E-state index contributed by atoms with van der Waals surface area (Å²) in [6.45, 7) is 1.91. The van der Waals surface area contributed by atoms with Gasteiger partial charge in [-0.2, -0.15) is 0 Å². The topological polar surface area (TPSA) is 77.1 Å². The maximum absolute atomic E-state index is 13.8. The highest BCUT2D eigenvalue weighted by molar-refractivity contribution is 6.05. The Morgan fingerprint density at radius 2 is 1.88 bits per heavy atom. The Labute approximate surface area is 187 Å². The van der Waals surface area contributed by atoms with Gasteiger partial charge in [-0.3, -0.25) is 9.59 Å². The van der Waals surface area contributed by atoms with Gasteiger partial charge in [0.2, 0.25) is 5.91 Å². The lowest BCUT2D eigenvalue weighted by Crippen LogP contribution is -2.60. The van der Waals surface area contributed by atoms with Gasteiger partial charge in [0.15, 0.2) is 11.5 Å². The van der Waals surface area contributed by atoms with E-state index in [9.17, 15) is 9.59 Å². The molecule has 1 unspecified atom stereocenters. The fourth-order valence-corrected chi connectivity index (χ4v) is 5.51. The van der Waals surface area contributed by atoms with Crippen LogP contribution in [0, 0.1) is 0 Å². The van der Waals surface area contributed by atoms with Crippen LogP contribution in [-0.2, 0) is 9.53 Å².